The largest absolute Gasteiger partial charge is 0.493 e. The first kappa shape index (κ1) is 17.8. The van der Waals surface area contributed by atoms with Gasteiger partial charge in [-0.1, -0.05) is 48.0 Å². The minimum atomic E-state index is 0.452. The molecule has 0 spiro atoms. The van der Waals surface area contributed by atoms with Crippen LogP contribution < -0.4 is 9.47 Å². The lowest BCUT2D eigenvalue weighted by Crippen LogP contribution is -1.96. The maximum absolute atomic E-state index is 9.64. The number of ether oxygens (including phenoxy) is 2. The summed E-state index contributed by atoms with van der Waals surface area (Å²) in [7, 11) is 1.57. The number of hydrogen-bond acceptors (Lipinski definition) is 3. The minimum absolute atomic E-state index is 0.452. The van der Waals surface area contributed by atoms with E-state index in [-0.39, 0.29) is 0 Å². The number of allylic oxidation sites excluding steroid dienone is 1. The van der Waals surface area contributed by atoms with E-state index in [9.17, 15) is 5.26 Å². The third kappa shape index (κ3) is 3.66. The van der Waals surface area contributed by atoms with E-state index in [1.54, 1.807) is 19.3 Å². The molecule has 0 unspecified atom stereocenters. The molecule has 0 aliphatic carbocycles. The molecule has 3 aromatic carbocycles. The predicted octanol–water partition coefficient (Wildman–Crippen LogP) is 5.96. The van der Waals surface area contributed by atoms with Gasteiger partial charge in [-0.05, 0) is 53.1 Å². The molecule has 3 aromatic rings. The molecule has 4 heteroatoms. The summed E-state index contributed by atoms with van der Waals surface area (Å²) in [6, 6.07) is 19.9. The lowest BCUT2D eigenvalue weighted by atomic mass is 10.00. The zero-order valence-corrected chi connectivity index (χ0v) is 15.4. The molecule has 0 aromatic heterocycles. The Labute approximate surface area is 158 Å². The van der Waals surface area contributed by atoms with Crippen molar-refractivity contribution in [2.24, 2.45) is 0 Å². The lowest BCUT2D eigenvalue weighted by Gasteiger charge is -2.12. The summed E-state index contributed by atoms with van der Waals surface area (Å²) in [6.07, 6.45) is 1.80. The summed E-state index contributed by atoms with van der Waals surface area (Å²) in [4.78, 5) is 0. The summed E-state index contributed by atoms with van der Waals surface area (Å²) >= 11 is 6.33. The van der Waals surface area contributed by atoms with E-state index in [0.29, 0.717) is 28.7 Å². The zero-order chi connectivity index (χ0) is 18.5. The Morgan fingerprint density at radius 2 is 1.88 bits per heavy atom. The fraction of sp³-hybridized carbons (Fsp3) is 0.136. The van der Waals surface area contributed by atoms with Crippen LogP contribution in [-0.4, -0.2) is 13.7 Å². The van der Waals surface area contributed by atoms with Crippen LogP contribution in [0.25, 0.3) is 22.4 Å². The minimum Gasteiger partial charge on any atom is -0.493 e. The number of nitrogens with zero attached hydrogens (tertiary/aromatic N) is 1. The van der Waals surface area contributed by atoms with Gasteiger partial charge in [-0.25, -0.2) is 0 Å². The number of fused-ring (bicyclic) bond motifs is 1. The second-order valence-electron chi connectivity index (χ2n) is 5.70. The molecule has 0 fully saturated rings. The van der Waals surface area contributed by atoms with E-state index >= 15 is 0 Å². The average molecular weight is 364 g/mol. The highest BCUT2D eigenvalue weighted by molar-refractivity contribution is 6.32. The lowest BCUT2D eigenvalue weighted by molar-refractivity contribution is 0.311. The van der Waals surface area contributed by atoms with Gasteiger partial charge in [-0.15, -0.1) is 0 Å². The van der Waals surface area contributed by atoms with Crippen LogP contribution in [0.15, 0.2) is 54.6 Å². The fourth-order valence-electron chi connectivity index (χ4n) is 2.81. The molecular formula is C22H18ClNO2. The highest BCUT2D eigenvalue weighted by Crippen LogP contribution is 2.37. The molecule has 130 valence electrons. The van der Waals surface area contributed by atoms with Crippen molar-refractivity contribution in [2.45, 2.75) is 6.92 Å². The standard InChI is InChI=1S/C22H18ClNO2/c1-3-26-22-20(23)11-15(12-21(22)25-2)10-19(14-24)18-9-8-16-6-4-5-7-17(16)13-18/h4-13H,3H2,1-2H3/b19-10-. The van der Waals surface area contributed by atoms with E-state index in [0.717, 1.165) is 21.9 Å². The van der Waals surface area contributed by atoms with E-state index in [4.69, 9.17) is 21.1 Å². The van der Waals surface area contributed by atoms with Crippen LogP contribution in [0.4, 0.5) is 0 Å². The summed E-state index contributed by atoms with van der Waals surface area (Å²) in [5.41, 5.74) is 2.19. The number of halogens is 1. The summed E-state index contributed by atoms with van der Waals surface area (Å²) in [6.45, 7) is 2.38. The Balaban J connectivity index is 2.05. The van der Waals surface area contributed by atoms with Crippen molar-refractivity contribution in [3.63, 3.8) is 0 Å². The van der Waals surface area contributed by atoms with Crippen molar-refractivity contribution in [3.05, 3.63) is 70.7 Å². The van der Waals surface area contributed by atoms with Crippen molar-refractivity contribution in [1.29, 1.82) is 5.26 Å². The van der Waals surface area contributed by atoms with Crippen LogP contribution in [-0.2, 0) is 0 Å². The fourth-order valence-corrected chi connectivity index (χ4v) is 3.08. The first-order chi connectivity index (χ1) is 12.7. The molecule has 0 aliphatic heterocycles. The second kappa shape index (κ2) is 7.95. The van der Waals surface area contributed by atoms with Crippen molar-refractivity contribution < 1.29 is 9.47 Å². The maximum Gasteiger partial charge on any atom is 0.179 e. The molecule has 3 nitrogen and oxygen atoms in total. The number of hydrogen-bond donors (Lipinski definition) is 0. The van der Waals surface area contributed by atoms with Crippen molar-refractivity contribution in [1.82, 2.24) is 0 Å². The van der Waals surface area contributed by atoms with Gasteiger partial charge in [-0.3, -0.25) is 0 Å². The SMILES string of the molecule is CCOc1c(Cl)cc(/C=C(/C#N)c2ccc3ccccc3c2)cc1OC. The summed E-state index contributed by atoms with van der Waals surface area (Å²) in [5.74, 6) is 1.06. The molecule has 3 rings (SSSR count). The quantitative estimate of drug-likeness (QED) is 0.414. The summed E-state index contributed by atoms with van der Waals surface area (Å²) in [5, 5.41) is 12.3. The van der Waals surface area contributed by atoms with E-state index in [1.165, 1.54) is 0 Å². The molecule has 0 atom stereocenters. The topological polar surface area (TPSA) is 42.2 Å². The number of benzene rings is 3. The van der Waals surface area contributed by atoms with Crippen LogP contribution in [0.3, 0.4) is 0 Å². The Morgan fingerprint density at radius 3 is 2.58 bits per heavy atom. The van der Waals surface area contributed by atoms with Gasteiger partial charge < -0.3 is 9.47 Å². The number of rotatable bonds is 5. The second-order valence-corrected chi connectivity index (χ2v) is 6.11. The molecule has 0 aliphatic rings. The van der Waals surface area contributed by atoms with Crippen LogP contribution >= 0.6 is 11.6 Å². The van der Waals surface area contributed by atoms with E-state index in [1.807, 2.05) is 55.5 Å². The number of nitriles is 1. The third-order valence-electron chi connectivity index (χ3n) is 4.03. The Hall–Kier alpha value is -2.96. The Morgan fingerprint density at radius 1 is 1.12 bits per heavy atom. The van der Waals surface area contributed by atoms with Gasteiger partial charge >= 0.3 is 0 Å². The molecule has 0 amide bonds. The first-order valence-electron chi connectivity index (χ1n) is 8.27. The third-order valence-corrected chi connectivity index (χ3v) is 4.31. The normalized spacial score (nSPS) is 11.2. The van der Waals surface area contributed by atoms with Crippen LogP contribution in [0.2, 0.25) is 5.02 Å². The van der Waals surface area contributed by atoms with Crippen LogP contribution in [0.1, 0.15) is 18.1 Å². The van der Waals surface area contributed by atoms with Crippen LogP contribution in [0, 0.1) is 11.3 Å². The molecule has 0 saturated carbocycles. The molecule has 0 saturated heterocycles. The van der Waals surface area contributed by atoms with E-state index in [2.05, 4.69) is 6.07 Å². The van der Waals surface area contributed by atoms with Gasteiger partial charge in [0.25, 0.3) is 0 Å². The molecule has 26 heavy (non-hydrogen) atoms. The molecular weight excluding hydrogens is 346 g/mol. The van der Waals surface area contributed by atoms with Gasteiger partial charge in [0.1, 0.15) is 0 Å². The monoisotopic (exact) mass is 363 g/mol. The summed E-state index contributed by atoms with van der Waals surface area (Å²) < 4.78 is 10.9. The molecule has 0 bridgehead atoms. The Kier molecular flexibility index (Phi) is 5.46. The van der Waals surface area contributed by atoms with Gasteiger partial charge in [0.05, 0.1) is 30.4 Å². The van der Waals surface area contributed by atoms with Crippen molar-refractivity contribution in [3.8, 4) is 17.6 Å². The van der Waals surface area contributed by atoms with Gasteiger partial charge in [0.15, 0.2) is 11.5 Å². The maximum atomic E-state index is 9.64. The van der Waals surface area contributed by atoms with Crippen LogP contribution in [0.5, 0.6) is 11.5 Å². The van der Waals surface area contributed by atoms with Crippen molar-refractivity contribution in [2.75, 3.05) is 13.7 Å². The first-order valence-corrected chi connectivity index (χ1v) is 8.65. The predicted molar refractivity (Wildman–Crippen MR) is 107 cm³/mol. The van der Waals surface area contributed by atoms with Crippen molar-refractivity contribution >= 4 is 34.0 Å². The molecule has 0 radical (unpaired) electrons. The Bertz CT molecular complexity index is 1020. The molecule has 0 heterocycles. The van der Waals surface area contributed by atoms with Gasteiger partial charge in [0.2, 0.25) is 0 Å². The van der Waals surface area contributed by atoms with E-state index < -0.39 is 0 Å². The average Bonchev–Trinajstić information content (AvgIpc) is 2.67. The smallest absolute Gasteiger partial charge is 0.179 e. The molecule has 0 N–H and O–H groups in total. The van der Waals surface area contributed by atoms with Gasteiger partial charge in [0, 0.05) is 0 Å². The highest BCUT2D eigenvalue weighted by Gasteiger charge is 2.12. The highest BCUT2D eigenvalue weighted by atomic mass is 35.5. The number of methoxy groups -OCH3 is 1. The zero-order valence-electron chi connectivity index (χ0n) is 14.6. The van der Waals surface area contributed by atoms with Gasteiger partial charge in [-0.2, -0.15) is 5.26 Å².